The van der Waals surface area contributed by atoms with Crippen LogP contribution in [0.2, 0.25) is 0 Å². The average molecular weight is 473 g/mol. The molecule has 6 rings (SSSR count). The Labute approximate surface area is 212 Å². The molecule has 0 amide bonds. The van der Waals surface area contributed by atoms with Gasteiger partial charge in [0.2, 0.25) is 6.29 Å². The van der Waals surface area contributed by atoms with E-state index in [4.69, 9.17) is 9.47 Å². The standard InChI is InChI=1S/C33H44O2/c1-20(2)18-29(21(3)4)23-12-15-24(16-13-23)34-33(28-17-14-22-8-5-6-9-25(22)28)35-31-19-30-26-10-7-11-27(26)32(30)31/h5-6,8-9,12-13,15-16,20-21,26-33H,7,10-11,14,17-19H2,1-4H3. The minimum atomic E-state index is -0.188. The number of rotatable bonds is 9. The Hall–Kier alpha value is -1.80. The summed E-state index contributed by atoms with van der Waals surface area (Å²) < 4.78 is 13.7. The summed E-state index contributed by atoms with van der Waals surface area (Å²) in [5.74, 6) is 6.92. The van der Waals surface area contributed by atoms with Crippen LogP contribution in [0.1, 0.15) is 94.7 Å². The van der Waals surface area contributed by atoms with E-state index in [1.54, 1.807) is 0 Å². The van der Waals surface area contributed by atoms with E-state index in [9.17, 15) is 0 Å². The van der Waals surface area contributed by atoms with Crippen molar-refractivity contribution in [1.29, 1.82) is 0 Å². The predicted octanol–water partition coefficient (Wildman–Crippen LogP) is 8.36. The SMILES string of the molecule is CC(C)CC(c1ccc(OC(OC2CC3C4CCCC4C23)C2CCc3ccccc32)cc1)C(C)C. The number of aryl methyl sites for hydroxylation is 1. The van der Waals surface area contributed by atoms with Crippen LogP contribution in [0.3, 0.4) is 0 Å². The number of fused-ring (bicyclic) bond motifs is 5. The molecule has 3 fully saturated rings. The zero-order chi connectivity index (χ0) is 24.1. The summed E-state index contributed by atoms with van der Waals surface area (Å²) in [6.07, 6.45) is 9.28. The molecule has 0 aromatic heterocycles. The maximum atomic E-state index is 6.92. The lowest BCUT2D eigenvalue weighted by atomic mass is 9.46. The van der Waals surface area contributed by atoms with Crippen molar-refractivity contribution in [2.24, 2.45) is 35.5 Å². The average Bonchev–Trinajstić information content (AvgIpc) is 3.44. The summed E-state index contributed by atoms with van der Waals surface area (Å²) >= 11 is 0. The predicted molar refractivity (Wildman–Crippen MR) is 143 cm³/mol. The summed E-state index contributed by atoms with van der Waals surface area (Å²) in [5, 5.41) is 0. The Morgan fingerprint density at radius 2 is 1.63 bits per heavy atom. The molecule has 35 heavy (non-hydrogen) atoms. The molecule has 2 aromatic carbocycles. The van der Waals surface area contributed by atoms with Crippen LogP contribution in [0, 0.1) is 35.5 Å². The molecule has 188 valence electrons. The third-order valence-corrected chi connectivity index (χ3v) is 10.0. The Morgan fingerprint density at radius 1 is 0.857 bits per heavy atom. The first-order chi connectivity index (χ1) is 17.0. The first-order valence-electron chi connectivity index (χ1n) is 14.5. The van der Waals surface area contributed by atoms with Crippen molar-refractivity contribution in [2.45, 2.75) is 96.9 Å². The van der Waals surface area contributed by atoms with Gasteiger partial charge in [0.15, 0.2) is 0 Å². The lowest BCUT2D eigenvalue weighted by Crippen LogP contribution is -2.61. The molecular weight excluding hydrogens is 428 g/mol. The molecule has 0 saturated heterocycles. The van der Waals surface area contributed by atoms with Gasteiger partial charge in [-0.2, -0.15) is 0 Å². The molecule has 8 unspecified atom stereocenters. The van der Waals surface area contributed by atoms with E-state index in [1.807, 2.05) is 0 Å². The highest BCUT2D eigenvalue weighted by molar-refractivity contribution is 5.36. The van der Waals surface area contributed by atoms with Gasteiger partial charge in [-0.05, 0) is 109 Å². The van der Waals surface area contributed by atoms with E-state index in [1.165, 1.54) is 48.8 Å². The smallest absolute Gasteiger partial charge is 0.207 e. The highest BCUT2D eigenvalue weighted by Gasteiger charge is 2.62. The first-order valence-corrected chi connectivity index (χ1v) is 14.5. The Kier molecular flexibility index (Phi) is 6.46. The summed E-state index contributed by atoms with van der Waals surface area (Å²) in [6, 6.07) is 17.9. The molecule has 0 aliphatic heterocycles. The van der Waals surface area contributed by atoms with Crippen molar-refractivity contribution in [3.63, 3.8) is 0 Å². The number of ether oxygens (including phenoxy) is 2. The zero-order valence-corrected chi connectivity index (χ0v) is 22.2. The molecule has 2 heteroatoms. The van der Waals surface area contributed by atoms with Gasteiger partial charge in [0.25, 0.3) is 0 Å². The first kappa shape index (κ1) is 23.6. The van der Waals surface area contributed by atoms with Crippen molar-refractivity contribution in [1.82, 2.24) is 0 Å². The van der Waals surface area contributed by atoms with E-state index >= 15 is 0 Å². The van der Waals surface area contributed by atoms with E-state index in [2.05, 4.69) is 76.2 Å². The molecule has 8 atom stereocenters. The number of hydrogen-bond donors (Lipinski definition) is 0. The van der Waals surface area contributed by atoms with Crippen molar-refractivity contribution >= 4 is 0 Å². The zero-order valence-electron chi connectivity index (χ0n) is 22.2. The van der Waals surface area contributed by atoms with Crippen molar-refractivity contribution in [3.05, 3.63) is 65.2 Å². The summed E-state index contributed by atoms with van der Waals surface area (Å²) in [6.45, 7) is 9.35. The van der Waals surface area contributed by atoms with Gasteiger partial charge in [0, 0.05) is 5.92 Å². The molecule has 2 nitrogen and oxygen atoms in total. The van der Waals surface area contributed by atoms with Crippen LogP contribution in [0.15, 0.2) is 48.5 Å². The molecule has 0 heterocycles. The minimum Gasteiger partial charge on any atom is -0.464 e. The molecule has 4 aliphatic carbocycles. The molecular formula is C33H44O2. The van der Waals surface area contributed by atoms with Crippen LogP contribution in [0.5, 0.6) is 5.75 Å². The number of hydrogen-bond acceptors (Lipinski definition) is 2. The maximum absolute atomic E-state index is 6.92. The monoisotopic (exact) mass is 472 g/mol. The lowest BCUT2D eigenvalue weighted by molar-refractivity contribution is -0.251. The third-order valence-electron chi connectivity index (χ3n) is 10.0. The van der Waals surface area contributed by atoms with E-state index in [0.717, 1.165) is 42.3 Å². The molecule has 0 N–H and O–H groups in total. The van der Waals surface area contributed by atoms with Gasteiger partial charge in [-0.1, -0.05) is 70.5 Å². The van der Waals surface area contributed by atoms with Crippen LogP contribution in [-0.2, 0) is 11.2 Å². The Bertz CT molecular complexity index is 1010. The van der Waals surface area contributed by atoms with Crippen molar-refractivity contribution in [2.75, 3.05) is 0 Å². The fraction of sp³-hybridized carbons (Fsp3) is 0.636. The van der Waals surface area contributed by atoms with Gasteiger partial charge in [-0.25, -0.2) is 0 Å². The summed E-state index contributed by atoms with van der Waals surface area (Å²) in [7, 11) is 0. The van der Waals surface area contributed by atoms with Crippen LogP contribution in [0.4, 0.5) is 0 Å². The molecule has 0 bridgehead atoms. The van der Waals surface area contributed by atoms with Crippen LogP contribution in [-0.4, -0.2) is 12.4 Å². The van der Waals surface area contributed by atoms with Gasteiger partial charge in [-0.15, -0.1) is 0 Å². The van der Waals surface area contributed by atoms with Crippen LogP contribution in [0.25, 0.3) is 0 Å². The normalized spacial score (nSPS) is 32.4. The fourth-order valence-corrected chi connectivity index (χ4v) is 8.22. The Morgan fingerprint density at radius 3 is 2.40 bits per heavy atom. The summed E-state index contributed by atoms with van der Waals surface area (Å²) in [5.41, 5.74) is 4.35. The number of benzene rings is 2. The molecule has 2 aromatic rings. The maximum Gasteiger partial charge on any atom is 0.207 e. The van der Waals surface area contributed by atoms with Gasteiger partial charge in [0.05, 0.1) is 6.10 Å². The molecule has 3 saturated carbocycles. The third kappa shape index (κ3) is 4.35. The van der Waals surface area contributed by atoms with Crippen LogP contribution < -0.4 is 4.74 Å². The van der Waals surface area contributed by atoms with Gasteiger partial charge >= 0.3 is 0 Å². The van der Waals surface area contributed by atoms with Gasteiger partial charge < -0.3 is 9.47 Å². The summed E-state index contributed by atoms with van der Waals surface area (Å²) in [4.78, 5) is 0. The molecule has 0 spiro atoms. The highest BCUT2D eigenvalue weighted by atomic mass is 16.7. The van der Waals surface area contributed by atoms with Crippen molar-refractivity contribution < 1.29 is 9.47 Å². The second-order valence-electron chi connectivity index (χ2n) is 12.8. The largest absolute Gasteiger partial charge is 0.464 e. The molecule has 4 aliphatic rings. The van der Waals surface area contributed by atoms with Crippen LogP contribution >= 0.6 is 0 Å². The quantitative estimate of drug-likeness (QED) is 0.341. The second-order valence-corrected chi connectivity index (χ2v) is 12.8. The Balaban J connectivity index is 1.20. The van der Waals surface area contributed by atoms with E-state index < -0.39 is 0 Å². The lowest BCUT2D eigenvalue weighted by Gasteiger charge is -2.61. The van der Waals surface area contributed by atoms with E-state index in [0.29, 0.717) is 29.8 Å². The molecule has 0 radical (unpaired) electrons. The topological polar surface area (TPSA) is 18.5 Å². The highest BCUT2D eigenvalue weighted by Crippen LogP contribution is 2.65. The van der Waals surface area contributed by atoms with E-state index in [-0.39, 0.29) is 6.29 Å². The van der Waals surface area contributed by atoms with Crippen molar-refractivity contribution in [3.8, 4) is 5.75 Å². The minimum absolute atomic E-state index is 0.188. The van der Waals surface area contributed by atoms with Gasteiger partial charge in [-0.3, -0.25) is 0 Å². The van der Waals surface area contributed by atoms with Gasteiger partial charge in [0.1, 0.15) is 5.75 Å². The fourth-order valence-electron chi connectivity index (χ4n) is 8.22. The second kappa shape index (κ2) is 9.58.